The van der Waals surface area contributed by atoms with Gasteiger partial charge >= 0.3 is 6.09 Å². The van der Waals surface area contributed by atoms with E-state index in [-0.39, 0.29) is 17.3 Å². The first-order valence-corrected chi connectivity index (χ1v) is 10.6. The van der Waals surface area contributed by atoms with Gasteiger partial charge in [-0.2, -0.15) is 0 Å². The molecule has 3 aromatic rings. The lowest BCUT2D eigenvalue weighted by Crippen LogP contribution is -2.18. The number of halogens is 1. The molecule has 1 aromatic heterocycles. The zero-order chi connectivity index (χ0) is 23.0. The van der Waals surface area contributed by atoms with E-state index in [0.717, 1.165) is 28.3 Å². The Bertz CT molecular complexity index is 1020. The van der Waals surface area contributed by atoms with E-state index in [1.807, 2.05) is 24.3 Å². The predicted octanol–water partition coefficient (Wildman–Crippen LogP) is 4.90. The third kappa shape index (κ3) is 6.59. The highest BCUT2D eigenvalue weighted by Gasteiger charge is 2.23. The van der Waals surface area contributed by atoms with E-state index in [0.29, 0.717) is 19.6 Å². The Labute approximate surface area is 192 Å². The van der Waals surface area contributed by atoms with Crippen LogP contribution in [0.5, 0.6) is 11.5 Å². The van der Waals surface area contributed by atoms with Crippen LogP contribution in [0.25, 0.3) is 0 Å². The number of hydrogen-bond acceptors (Lipinski definition) is 6. The predicted molar refractivity (Wildman–Crippen MR) is 122 cm³/mol. The number of aromatic nitrogens is 2. The molecule has 7 nitrogen and oxygen atoms in total. The van der Waals surface area contributed by atoms with Gasteiger partial charge in [-0.1, -0.05) is 38.1 Å². The molecule has 32 heavy (non-hydrogen) atoms. The molecule has 3 rings (SSSR count). The largest absolute Gasteiger partial charge is 0.493 e. The number of ether oxygens (including phenoxy) is 3. The zero-order valence-corrected chi connectivity index (χ0v) is 18.8. The fourth-order valence-electron chi connectivity index (χ4n) is 3.13. The Kier molecular flexibility index (Phi) is 7.89. The molecule has 0 aliphatic rings. The minimum absolute atomic E-state index is 0.202. The molecule has 2 N–H and O–H groups in total. The SMILES string of the molecule is CC(C)(c1ccc(OCCCOC(N)=O)cc1)c1ccc(OCc2ccnc(Cl)n2)cc1. The summed E-state index contributed by atoms with van der Waals surface area (Å²) in [6.07, 6.45) is 1.41. The third-order valence-corrected chi connectivity index (χ3v) is 5.21. The van der Waals surface area contributed by atoms with Gasteiger partial charge in [-0.15, -0.1) is 0 Å². The average Bonchev–Trinajstić information content (AvgIpc) is 2.78. The Morgan fingerprint density at radius 3 is 2.09 bits per heavy atom. The van der Waals surface area contributed by atoms with Gasteiger partial charge in [0.15, 0.2) is 0 Å². The van der Waals surface area contributed by atoms with Gasteiger partial charge < -0.3 is 19.9 Å². The molecule has 0 saturated carbocycles. The first-order chi connectivity index (χ1) is 15.3. The molecule has 1 heterocycles. The molecule has 2 aromatic carbocycles. The van der Waals surface area contributed by atoms with Crippen molar-refractivity contribution < 1.29 is 19.0 Å². The van der Waals surface area contributed by atoms with Gasteiger partial charge in [-0.3, -0.25) is 0 Å². The van der Waals surface area contributed by atoms with Crippen LogP contribution in [0, 0.1) is 0 Å². The van der Waals surface area contributed by atoms with E-state index >= 15 is 0 Å². The van der Waals surface area contributed by atoms with E-state index in [1.165, 1.54) is 0 Å². The number of carbonyl (C=O) groups excluding carboxylic acids is 1. The minimum Gasteiger partial charge on any atom is -0.493 e. The first kappa shape index (κ1) is 23.3. The van der Waals surface area contributed by atoms with E-state index < -0.39 is 6.09 Å². The van der Waals surface area contributed by atoms with Crippen molar-refractivity contribution in [1.82, 2.24) is 9.97 Å². The Hall–Kier alpha value is -3.32. The summed E-state index contributed by atoms with van der Waals surface area (Å²) in [6, 6.07) is 17.8. The van der Waals surface area contributed by atoms with Crippen LogP contribution in [0.15, 0.2) is 60.8 Å². The van der Waals surface area contributed by atoms with Crippen LogP contribution in [0.3, 0.4) is 0 Å². The molecule has 0 aliphatic carbocycles. The normalized spacial score (nSPS) is 11.1. The number of nitrogens with zero attached hydrogens (tertiary/aromatic N) is 2. The van der Waals surface area contributed by atoms with E-state index in [9.17, 15) is 4.79 Å². The summed E-state index contributed by atoms with van der Waals surface area (Å²) in [4.78, 5) is 18.5. The van der Waals surface area contributed by atoms with Crippen molar-refractivity contribution in [2.24, 2.45) is 5.73 Å². The number of nitrogens with two attached hydrogens (primary N) is 1. The molecular formula is C24H26ClN3O4. The van der Waals surface area contributed by atoms with Crippen LogP contribution in [0.1, 0.15) is 37.1 Å². The second-order valence-electron chi connectivity index (χ2n) is 7.65. The second kappa shape index (κ2) is 10.8. The van der Waals surface area contributed by atoms with Crippen LogP contribution < -0.4 is 15.2 Å². The third-order valence-electron chi connectivity index (χ3n) is 5.02. The Morgan fingerprint density at radius 2 is 1.53 bits per heavy atom. The monoisotopic (exact) mass is 455 g/mol. The Balaban J connectivity index is 1.56. The lowest BCUT2D eigenvalue weighted by molar-refractivity contribution is 0.147. The maximum Gasteiger partial charge on any atom is 0.404 e. The molecule has 8 heteroatoms. The van der Waals surface area contributed by atoms with Crippen molar-refractivity contribution in [3.8, 4) is 11.5 Å². The smallest absolute Gasteiger partial charge is 0.404 e. The fraction of sp³-hybridized carbons (Fsp3) is 0.292. The van der Waals surface area contributed by atoms with Crippen LogP contribution in [0.2, 0.25) is 5.28 Å². The molecule has 0 unspecified atom stereocenters. The summed E-state index contributed by atoms with van der Waals surface area (Å²) in [5.74, 6) is 1.51. The average molecular weight is 456 g/mol. The molecule has 0 radical (unpaired) electrons. The van der Waals surface area contributed by atoms with Gasteiger partial charge in [0.2, 0.25) is 5.28 Å². The van der Waals surface area contributed by atoms with Crippen LogP contribution >= 0.6 is 11.6 Å². The number of rotatable bonds is 10. The number of carbonyl (C=O) groups is 1. The molecule has 0 spiro atoms. The Morgan fingerprint density at radius 1 is 0.938 bits per heavy atom. The van der Waals surface area contributed by atoms with Crippen molar-refractivity contribution in [3.05, 3.63) is 82.9 Å². The van der Waals surface area contributed by atoms with E-state index in [1.54, 1.807) is 12.3 Å². The molecule has 0 aliphatic heterocycles. The van der Waals surface area contributed by atoms with Crippen LogP contribution in [-0.4, -0.2) is 29.3 Å². The molecular weight excluding hydrogens is 430 g/mol. The molecule has 0 bridgehead atoms. The second-order valence-corrected chi connectivity index (χ2v) is 7.99. The summed E-state index contributed by atoms with van der Waals surface area (Å²) in [6.45, 7) is 5.35. The van der Waals surface area contributed by atoms with Crippen molar-refractivity contribution in [3.63, 3.8) is 0 Å². The lowest BCUT2D eigenvalue weighted by atomic mass is 9.78. The van der Waals surface area contributed by atoms with Gasteiger partial charge in [0, 0.05) is 18.0 Å². The highest BCUT2D eigenvalue weighted by molar-refractivity contribution is 6.28. The van der Waals surface area contributed by atoms with Crippen molar-refractivity contribution >= 4 is 17.7 Å². The molecule has 0 saturated heterocycles. The van der Waals surface area contributed by atoms with Crippen molar-refractivity contribution in [2.45, 2.75) is 32.3 Å². The van der Waals surface area contributed by atoms with Gasteiger partial charge in [0.05, 0.1) is 18.9 Å². The minimum atomic E-state index is -0.771. The van der Waals surface area contributed by atoms with Gasteiger partial charge in [0.25, 0.3) is 0 Å². The number of amides is 1. The number of benzene rings is 2. The summed E-state index contributed by atoms with van der Waals surface area (Å²) in [5, 5.41) is 0.205. The van der Waals surface area contributed by atoms with Gasteiger partial charge in [0.1, 0.15) is 18.1 Å². The van der Waals surface area contributed by atoms with E-state index in [2.05, 4.69) is 52.8 Å². The lowest BCUT2D eigenvalue weighted by Gasteiger charge is -2.26. The summed E-state index contributed by atoms with van der Waals surface area (Å²) >= 11 is 5.81. The first-order valence-electron chi connectivity index (χ1n) is 10.2. The zero-order valence-electron chi connectivity index (χ0n) is 18.1. The highest BCUT2D eigenvalue weighted by atomic mass is 35.5. The summed E-state index contributed by atoms with van der Waals surface area (Å²) in [7, 11) is 0. The molecule has 168 valence electrons. The van der Waals surface area contributed by atoms with Crippen LogP contribution in [0.4, 0.5) is 4.79 Å². The van der Waals surface area contributed by atoms with Crippen LogP contribution in [-0.2, 0) is 16.8 Å². The topological polar surface area (TPSA) is 96.6 Å². The molecule has 1 amide bonds. The molecule has 0 atom stereocenters. The highest BCUT2D eigenvalue weighted by Crippen LogP contribution is 2.33. The maximum atomic E-state index is 10.5. The quantitative estimate of drug-likeness (QED) is 0.345. The number of primary amides is 1. The van der Waals surface area contributed by atoms with Gasteiger partial charge in [-0.25, -0.2) is 14.8 Å². The van der Waals surface area contributed by atoms with Gasteiger partial charge in [-0.05, 0) is 53.1 Å². The summed E-state index contributed by atoms with van der Waals surface area (Å²) in [5.41, 5.74) is 7.76. The van der Waals surface area contributed by atoms with E-state index in [4.69, 9.17) is 26.8 Å². The van der Waals surface area contributed by atoms with Crippen molar-refractivity contribution in [2.75, 3.05) is 13.2 Å². The van der Waals surface area contributed by atoms with Crippen molar-refractivity contribution in [1.29, 1.82) is 0 Å². The number of hydrogen-bond donors (Lipinski definition) is 1. The summed E-state index contributed by atoms with van der Waals surface area (Å²) < 4.78 is 16.2. The maximum absolute atomic E-state index is 10.5. The molecule has 0 fully saturated rings. The standard InChI is InChI=1S/C24H26ClN3O4/c1-24(2,17-4-8-20(9-5-17)30-14-3-15-31-23(26)29)18-6-10-21(11-7-18)32-16-19-12-13-27-22(25)28-19/h4-13H,3,14-16H2,1-2H3,(H2,26,29). The fourth-order valence-corrected chi connectivity index (χ4v) is 3.30.